The summed E-state index contributed by atoms with van der Waals surface area (Å²) >= 11 is 0. The summed E-state index contributed by atoms with van der Waals surface area (Å²) in [5.41, 5.74) is 0.557. The molecule has 0 aliphatic heterocycles. The molecule has 7 heteroatoms. The van der Waals surface area contributed by atoms with Crippen LogP contribution in [0.3, 0.4) is 0 Å². The molecule has 2 atom stereocenters. The van der Waals surface area contributed by atoms with Gasteiger partial charge in [-0.25, -0.2) is 4.18 Å². The molecule has 0 aromatic heterocycles. The van der Waals surface area contributed by atoms with Gasteiger partial charge in [0.1, 0.15) is 11.9 Å². The third kappa shape index (κ3) is 5.58. The van der Waals surface area contributed by atoms with Crippen molar-refractivity contribution >= 4 is 21.7 Å². The van der Waals surface area contributed by atoms with Crippen molar-refractivity contribution < 1.29 is 22.1 Å². The van der Waals surface area contributed by atoms with Gasteiger partial charge in [-0.1, -0.05) is 31.0 Å². The maximum atomic E-state index is 12.5. The lowest BCUT2D eigenvalue weighted by Crippen LogP contribution is -2.33. The molecule has 2 aromatic rings. The highest BCUT2D eigenvalue weighted by molar-refractivity contribution is 7.86. The molecule has 0 bridgehead atoms. The van der Waals surface area contributed by atoms with Crippen molar-refractivity contribution in [1.29, 1.82) is 0 Å². The minimum absolute atomic E-state index is 0.00988. The van der Waals surface area contributed by atoms with Gasteiger partial charge in [-0.3, -0.25) is 4.79 Å². The van der Waals surface area contributed by atoms with Crippen LogP contribution in [0, 0.1) is 17.8 Å². The molecule has 0 saturated heterocycles. The number of nitrogens with one attached hydrogen (secondary N) is 1. The molecule has 0 unspecified atom stereocenters. The first kappa shape index (κ1) is 20.5. The van der Waals surface area contributed by atoms with Gasteiger partial charge >= 0.3 is 0 Å². The smallest absolute Gasteiger partial charge is 0.298 e. The van der Waals surface area contributed by atoms with Crippen LogP contribution in [0.4, 0.5) is 5.69 Å². The number of carbonyl (C=O) groups excluding carboxylic acids is 1. The third-order valence-corrected chi connectivity index (χ3v) is 5.08. The Bertz CT molecular complexity index is 928. The Morgan fingerprint density at radius 3 is 2.26 bits per heavy atom. The van der Waals surface area contributed by atoms with Crippen molar-refractivity contribution in [2.45, 2.75) is 24.8 Å². The van der Waals surface area contributed by atoms with Crippen molar-refractivity contribution in [2.24, 2.45) is 5.92 Å². The van der Waals surface area contributed by atoms with Crippen LogP contribution in [0.15, 0.2) is 59.5 Å². The van der Waals surface area contributed by atoms with E-state index in [1.807, 2.05) is 0 Å². The molecule has 142 valence electrons. The maximum absolute atomic E-state index is 12.5. The summed E-state index contributed by atoms with van der Waals surface area (Å²) in [6.45, 7) is 3.12. The zero-order valence-electron chi connectivity index (χ0n) is 15.3. The Kier molecular flexibility index (Phi) is 6.99. The second-order valence-corrected chi connectivity index (χ2v) is 7.26. The summed E-state index contributed by atoms with van der Waals surface area (Å²) in [5, 5.41) is 2.72. The predicted molar refractivity (Wildman–Crippen MR) is 103 cm³/mol. The number of hydrogen-bond donors (Lipinski definition) is 1. The molecular formula is C20H21NO5S. The average molecular weight is 387 g/mol. The van der Waals surface area contributed by atoms with Gasteiger partial charge in [-0.15, -0.1) is 5.92 Å². The number of carbonyl (C=O) groups is 1. The second-order valence-electron chi connectivity index (χ2n) is 5.68. The SMILES string of the molecule is CC#C[C@@H](OS(=O)(=O)c1ccccc1)[C@@H](C)C(=O)Nc1ccc(OC)cc1. The summed E-state index contributed by atoms with van der Waals surface area (Å²) in [6, 6.07) is 14.5. The van der Waals surface area contributed by atoms with Crippen molar-refractivity contribution in [3.05, 3.63) is 54.6 Å². The summed E-state index contributed by atoms with van der Waals surface area (Å²) in [4.78, 5) is 12.5. The van der Waals surface area contributed by atoms with E-state index in [1.54, 1.807) is 63.4 Å². The second kappa shape index (κ2) is 9.21. The molecule has 0 radical (unpaired) electrons. The molecule has 0 fully saturated rings. The fraction of sp³-hybridized carbons (Fsp3) is 0.250. The Hall–Kier alpha value is -2.82. The van der Waals surface area contributed by atoms with Gasteiger partial charge in [-0.2, -0.15) is 8.42 Å². The quantitative estimate of drug-likeness (QED) is 0.583. The number of amides is 1. The molecule has 6 nitrogen and oxygen atoms in total. The maximum Gasteiger partial charge on any atom is 0.298 e. The van der Waals surface area contributed by atoms with Crippen molar-refractivity contribution in [3.63, 3.8) is 0 Å². The summed E-state index contributed by atoms with van der Waals surface area (Å²) < 4.78 is 35.2. The van der Waals surface area contributed by atoms with Crippen molar-refractivity contribution in [1.82, 2.24) is 0 Å². The summed E-state index contributed by atoms with van der Waals surface area (Å²) in [7, 11) is -2.49. The van der Waals surface area contributed by atoms with Gasteiger partial charge in [0.15, 0.2) is 0 Å². The van der Waals surface area contributed by atoms with Gasteiger partial charge in [0.05, 0.1) is 17.9 Å². The van der Waals surface area contributed by atoms with Crippen LogP contribution in [0.1, 0.15) is 13.8 Å². The van der Waals surface area contributed by atoms with Crippen LogP contribution >= 0.6 is 0 Å². The monoisotopic (exact) mass is 387 g/mol. The van der Waals surface area contributed by atoms with E-state index < -0.39 is 28.0 Å². The van der Waals surface area contributed by atoms with E-state index in [1.165, 1.54) is 12.1 Å². The largest absolute Gasteiger partial charge is 0.497 e. The fourth-order valence-corrected chi connectivity index (χ4v) is 3.31. The Morgan fingerprint density at radius 1 is 1.07 bits per heavy atom. The fourth-order valence-electron chi connectivity index (χ4n) is 2.22. The highest BCUT2D eigenvalue weighted by atomic mass is 32.2. The number of benzene rings is 2. The lowest BCUT2D eigenvalue weighted by Gasteiger charge is -2.19. The molecule has 0 spiro atoms. The summed E-state index contributed by atoms with van der Waals surface area (Å²) in [6.07, 6.45) is -1.11. The Balaban J connectivity index is 2.14. The zero-order valence-corrected chi connectivity index (χ0v) is 16.1. The third-order valence-electron chi connectivity index (χ3n) is 3.77. The van der Waals surface area contributed by atoms with Crippen LogP contribution in [0.25, 0.3) is 0 Å². The molecule has 0 saturated carbocycles. The van der Waals surface area contributed by atoms with Gasteiger partial charge in [-0.05, 0) is 43.3 Å². The van der Waals surface area contributed by atoms with Gasteiger partial charge in [0.2, 0.25) is 5.91 Å². The van der Waals surface area contributed by atoms with Crippen molar-refractivity contribution in [3.8, 4) is 17.6 Å². The van der Waals surface area contributed by atoms with Crippen LogP contribution in [0.5, 0.6) is 5.75 Å². The number of hydrogen-bond acceptors (Lipinski definition) is 5. The molecule has 0 aliphatic rings. The first-order valence-corrected chi connectivity index (χ1v) is 9.63. The Labute approximate surface area is 159 Å². The van der Waals surface area contributed by atoms with E-state index in [2.05, 4.69) is 17.2 Å². The topological polar surface area (TPSA) is 81.7 Å². The normalized spacial score (nSPS) is 13.0. The molecule has 1 amide bonds. The van der Waals surface area contributed by atoms with Crippen molar-refractivity contribution in [2.75, 3.05) is 12.4 Å². The molecular weight excluding hydrogens is 366 g/mol. The summed E-state index contributed by atoms with van der Waals surface area (Å²) in [5.74, 6) is 4.71. The van der Waals surface area contributed by atoms with E-state index in [0.717, 1.165) is 0 Å². The van der Waals surface area contributed by atoms with E-state index in [0.29, 0.717) is 11.4 Å². The van der Waals surface area contributed by atoms with E-state index in [4.69, 9.17) is 8.92 Å². The highest BCUT2D eigenvalue weighted by Gasteiger charge is 2.29. The number of rotatable bonds is 7. The van der Waals surface area contributed by atoms with E-state index in [9.17, 15) is 13.2 Å². The first-order chi connectivity index (χ1) is 12.9. The van der Waals surface area contributed by atoms with Crippen LogP contribution in [0.2, 0.25) is 0 Å². The molecule has 27 heavy (non-hydrogen) atoms. The molecule has 0 heterocycles. The van der Waals surface area contributed by atoms with Gasteiger partial charge < -0.3 is 10.1 Å². The van der Waals surface area contributed by atoms with Crippen LogP contribution < -0.4 is 10.1 Å². The zero-order chi connectivity index (χ0) is 19.9. The number of anilines is 1. The lowest BCUT2D eigenvalue weighted by molar-refractivity contribution is -0.121. The van der Waals surface area contributed by atoms with E-state index in [-0.39, 0.29) is 4.90 Å². The van der Waals surface area contributed by atoms with E-state index >= 15 is 0 Å². The van der Waals surface area contributed by atoms with Gasteiger partial charge in [0.25, 0.3) is 10.1 Å². The number of ether oxygens (including phenoxy) is 1. The molecule has 1 N–H and O–H groups in total. The standard InChI is InChI=1S/C20H21NO5S/c1-4-8-19(26-27(23,24)18-9-6-5-7-10-18)15(2)20(22)21-16-11-13-17(25-3)14-12-16/h5-7,9-15,19H,1-3H3,(H,21,22)/t15-,19-/m1/s1. The number of methoxy groups -OCH3 is 1. The minimum atomic E-state index is -4.04. The highest BCUT2D eigenvalue weighted by Crippen LogP contribution is 2.20. The minimum Gasteiger partial charge on any atom is -0.497 e. The molecule has 2 rings (SSSR count). The predicted octanol–water partition coefficient (Wildman–Crippen LogP) is 3.07. The molecule has 0 aliphatic carbocycles. The lowest BCUT2D eigenvalue weighted by atomic mass is 10.0. The Morgan fingerprint density at radius 2 is 1.70 bits per heavy atom. The van der Waals surface area contributed by atoms with Crippen LogP contribution in [-0.2, 0) is 19.1 Å². The average Bonchev–Trinajstić information content (AvgIpc) is 2.68. The van der Waals surface area contributed by atoms with Crippen LogP contribution in [-0.4, -0.2) is 27.5 Å². The molecule has 2 aromatic carbocycles. The first-order valence-electron chi connectivity index (χ1n) is 8.23. The van der Waals surface area contributed by atoms with Gasteiger partial charge in [0, 0.05) is 5.69 Å².